The van der Waals surface area contributed by atoms with Crippen molar-refractivity contribution >= 4 is 16.0 Å². The van der Waals surface area contributed by atoms with E-state index in [1.54, 1.807) is 18.2 Å². The van der Waals surface area contributed by atoms with E-state index in [0.717, 1.165) is 29.9 Å². The Hall–Kier alpha value is -2.81. The number of ether oxygens (including phenoxy) is 1. The van der Waals surface area contributed by atoms with Gasteiger partial charge < -0.3 is 9.64 Å². The quantitative estimate of drug-likeness (QED) is 0.655. The van der Waals surface area contributed by atoms with Crippen molar-refractivity contribution in [2.24, 2.45) is 0 Å². The van der Waals surface area contributed by atoms with Gasteiger partial charge in [-0.2, -0.15) is 0 Å². The maximum Gasteiger partial charge on any atom is 0.240 e. The molecule has 3 aromatic rings. The molecule has 0 spiro atoms. The number of morpholine rings is 1. The molecule has 0 unspecified atom stereocenters. The van der Waals surface area contributed by atoms with Crippen LogP contribution in [0.4, 0.5) is 5.95 Å². The van der Waals surface area contributed by atoms with Crippen molar-refractivity contribution < 1.29 is 13.2 Å². The molecule has 1 aliphatic heterocycles. The van der Waals surface area contributed by atoms with Crippen LogP contribution in [0.25, 0.3) is 11.1 Å². The third-order valence-electron chi connectivity index (χ3n) is 4.90. The van der Waals surface area contributed by atoms with Crippen LogP contribution in [-0.2, 0) is 21.3 Å². The summed E-state index contributed by atoms with van der Waals surface area (Å²) < 4.78 is 33.5. The van der Waals surface area contributed by atoms with Gasteiger partial charge in [0, 0.05) is 18.8 Å². The van der Waals surface area contributed by atoms with E-state index in [1.165, 1.54) is 0 Å². The Morgan fingerprint density at radius 1 is 0.967 bits per heavy atom. The largest absolute Gasteiger partial charge is 0.378 e. The summed E-state index contributed by atoms with van der Waals surface area (Å²) in [6.07, 6.45) is 0. The van der Waals surface area contributed by atoms with E-state index in [9.17, 15) is 8.42 Å². The number of anilines is 1. The molecule has 156 valence electrons. The molecule has 2 aromatic carbocycles. The number of hydrogen-bond acceptors (Lipinski definition) is 6. The number of benzene rings is 2. The summed E-state index contributed by atoms with van der Waals surface area (Å²) in [7, 11) is -3.65. The number of nitrogens with zero attached hydrogens (tertiary/aromatic N) is 3. The van der Waals surface area contributed by atoms with Crippen LogP contribution in [0.5, 0.6) is 0 Å². The Bertz CT molecular complexity index is 1100. The van der Waals surface area contributed by atoms with E-state index in [4.69, 9.17) is 4.74 Å². The van der Waals surface area contributed by atoms with E-state index >= 15 is 0 Å². The van der Waals surface area contributed by atoms with Crippen molar-refractivity contribution in [1.29, 1.82) is 0 Å². The zero-order chi connectivity index (χ0) is 21.0. The van der Waals surface area contributed by atoms with Crippen LogP contribution >= 0.6 is 0 Å². The van der Waals surface area contributed by atoms with Crippen LogP contribution in [0.15, 0.2) is 65.6 Å². The molecule has 0 bridgehead atoms. The average molecular weight is 425 g/mol. The lowest BCUT2D eigenvalue weighted by atomic mass is 10.1. The molecule has 1 aromatic heterocycles. The van der Waals surface area contributed by atoms with Gasteiger partial charge in [-0.3, -0.25) is 0 Å². The molecule has 30 heavy (non-hydrogen) atoms. The van der Waals surface area contributed by atoms with Gasteiger partial charge >= 0.3 is 0 Å². The average Bonchev–Trinajstić information content (AvgIpc) is 2.79. The first-order chi connectivity index (χ1) is 14.5. The van der Waals surface area contributed by atoms with Gasteiger partial charge in [-0.1, -0.05) is 42.5 Å². The van der Waals surface area contributed by atoms with E-state index < -0.39 is 10.0 Å². The minimum atomic E-state index is -3.65. The highest BCUT2D eigenvalue weighted by molar-refractivity contribution is 7.89. The molecule has 0 aliphatic carbocycles. The van der Waals surface area contributed by atoms with Crippen LogP contribution in [-0.4, -0.2) is 44.7 Å². The standard InChI is InChI=1S/C22H24N4O3S/c1-17-15-20(25-22(24-17)26-11-13-29-14-12-26)16-23-30(27,28)21-9-7-19(8-10-21)18-5-3-2-4-6-18/h2-10,15,23H,11-14,16H2,1H3. The predicted molar refractivity (Wildman–Crippen MR) is 116 cm³/mol. The first kappa shape index (κ1) is 20.5. The van der Waals surface area contributed by atoms with Crippen molar-refractivity contribution in [3.05, 3.63) is 72.1 Å². The molecule has 0 amide bonds. The summed E-state index contributed by atoms with van der Waals surface area (Å²) in [6.45, 7) is 4.71. The number of aromatic nitrogens is 2. The van der Waals surface area contributed by atoms with Crippen molar-refractivity contribution in [2.45, 2.75) is 18.4 Å². The van der Waals surface area contributed by atoms with Crippen LogP contribution in [0.2, 0.25) is 0 Å². The summed E-state index contributed by atoms with van der Waals surface area (Å²) >= 11 is 0. The topological polar surface area (TPSA) is 84.4 Å². The Morgan fingerprint density at radius 3 is 2.33 bits per heavy atom. The number of sulfonamides is 1. The van der Waals surface area contributed by atoms with Gasteiger partial charge in [-0.05, 0) is 36.2 Å². The SMILES string of the molecule is Cc1cc(CNS(=O)(=O)c2ccc(-c3ccccc3)cc2)nc(N2CCOCC2)n1. The lowest BCUT2D eigenvalue weighted by molar-refractivity contribution is 0.122. The van der Waals surface area contributed by atoms with Crippen molar-refractivity contribution in [3.8, 4) is 11.1 Å². The smallest absolute Gasteiger partial charge is 0.240 e. The summed E-state index contributed by atoms with van der Waals surface area (Å²) in [5.41, 5.74) is 3.44. The van der Waals surface area contributed by atoms with E-state index in [-0.39, 0.29) is 11.4 Å². The molecule has 8 heteroatoms. The number of rotatable bonds is 6. The van der Waals surface area contributed by atoms with Crippen LogP contribution in [0.3, 0.4) is 0 Å². The zero-order valence-electron chi connectivity index (χ0n) is 16.8. The maximum atomic E-state index is 12.7. The molecule has 0 atom stereocenters. The second-order valence-corrected chi connectivity index (χ2v) is 8.88. The minimum Gasteiger partial charge on any atom is -0.378 e. The molecule has 1 aliphatic rings. The first-order valence-corrected chi connectivity index (χ1v) is 11.3. The van der Waals surface area contributed by atoms with Gasteiger partial charge in [0.15, 0.2) is 0 Å². The number of hydrogen-bond donors (Lipinski definition) is 1. The number of nitrogens with one attached hydrogen (secondary N) is 1. The third kappa shape index (κ3) is 4.84. The van der Waals surface area contributed by atoms with Crippen LogP contribution in [0, 0.1) is 6.92 Å². The summed E-state index contributed by atoms with van der Waals surface area (Å²) in [5.74, 6) is 0.611. The minimum absolute atomic E-state index is 0.101. The molecule has 4 rings (SSSR count). The van der Waals surface area contributed by atoms with Gasteiger partial charge in [0.2, 0.25) is 16.0 Å². The molecule has 0 radical (unpaired) electrons. The summed E-state index contributed by atoms with van der Waals surface area (Å²) in [4.78, 5) is 11.3. The highest BCUT2D eigenvalue weighted by atomic mass is 32.2. The normalized spacial score (nSPS) is 14.6. The molecule has 0 saturated carbocycles. The zero-order valence-corrected chi connectivity index (χ0v) is 17.6. The molecular weight excluding hydrogens is 400 g/mol. The van der Waals surface area contributed by atoms with Gasteiger partial charge in [-0.25, -0.2) is 23.1 Å². The van der Waals surface area contributed by atoms with Gasteiger partial charge in [0.25, 0.3) is 0 Å². The highest BCUT2D eigenvalue weighted by Gasteiger charge is 2.17. The van der Waals surface area contributed by atoms with Gasteiger partial charge in [0.1, 0.15) is 0 Å². The monoisotopic (exact) mass is 424 g/mol. The van der Waals surface area contributed by atoms with E-state index in [1.807, 2.05) is 49.4 Å². The molecule has 7 nitrogen and oxygen atoms in total. The molecular formula is C22H24N4O3S. The maximum absolute atomic E-state index is 12.7. The van der Waals surface area contributed by atoms with E-state index in [2.05, 4.69) is 19.6 Å². The lowest BCUT2D eigenvalue weighted by Crippen LogP contribution is -2.37. The fourth-order valence-electron chi connectivity index (χ4n) is 3.32. The van der Waals surface area contributed by atoms with E-state index in [0.29, 0.717) is 24.9 Å². The van der Waals surface area contributed by atoms with Gasteiger partial charge in [0.05, 0.1) is 30.3 Å². The van der Waals surface area contributed by atoms with Crippen molar-refractivity contribution in [3.63, 3.8) is 0 Å². The number of aryl methyl sites for hydroxylation is 1. The van der Waals surface area contributed by atoms with Crippen LogP contribution in [0.1, 0.15) is 11.4 Å². The Labute approximate surface area is 176 Å². The third-order valence-corrected chi connectivity index (χ3v) is 6.32. The fraction of sp³-hybridized carbons (Fsp3) is 0.273. The second-order valence-electron chi connectivity index (χ2n) is 7.12. The first-order valence-electron chi connectivity index (χ1n) is 9.84. The molecule has 1 fully saturated rings. The molecule has 2 heterocycles. The van der Waals surface area contributed by atoms with Gasteiger partial charge in [-0.15, -0.1) is 0 Å². The van der Waals surface area contributed by atoms with Crippen molar-refractivity contribution in [2.75, 3.05) is 31.2 Å². The summed E-state index contributed by atoms with van der Waals surface area (Å²) in [6, 6.07) is 18.5. The second kappa shape index (κ2) is 8.91. The molecule has 1 N–H and O–H groups in total. The highest BCUT2D eigenvalue weighted by Crippen LogP contribution is 2.21. The lowest BCUT2D eigenvalue weighted by Gasteiger charge is -2.27. The fourth-order valence-corrected chi connectivity index (χ4v) is 4.32. The Kier molecular flexibility index (Phi) is 6.08. The molecule has 1 saturated heterocycles. The summed E-state index contributed by atoms with van der Waals surface area (Å²) in [5, 5.41) is 0. The van der Waals surface area contributed by atoms with Crippen molar-refractivity contribution in [1.82, 2.24) is 14.7 Å². The van der Waals surface area contributed by atoms with Crippen LogP contribution < -0.4 is 9.62 Å². The Morgan fingerprint density at radius 2 is 1.63 bits per heavy atom. The Balaban J connectivity index is 1.47. The predicted octanol–water partition coefficient (Wildman–Crippen LogP) is 2.77.